The molecule has 2 aromatic rings. The maximum atomic E-state index is 12.4. The highest BCUT2D eigenvalue weighted by molar-refractivity contribution is 7.88. The van der Waals surface area contributed by atoms with Crippen LogP contribution in [-0.4, -0.2) is 20.5 Å². The Morgan fingerprint density at radius 3 is 2.03 bits per heavy atom. The van der Waals surface area contributed by atoms with Crippen molar-refractivity contribution >= 4 is 21.4 Å². The lowest BCUT2D eigenvalue weighted by atomic mass is 10.0. The van der Waals surface area contributed by atoms with Crippen molar-refractivity contribution < 1.29 is 30.5 Å². The number of alkyl halides is 3. The smallest absolute Gasteiger partial charge is 0.494 e. The predicted octanol–water partition coefficient (Wildman–Crippen LogP) is 4.62. The number of ether oxygens (including phenoxy) is 1. The lowest BCUT2D eigenvalue weighted by Crippen LogP contribution is -2.28. The van der Waals surface area contributed by atoms with E-state index in [1.165, 1.54) is 12.1 Å². The maximum Gasteiger partial charge on any atom is 0.534 e. The van der Waals surface area contributed by atoms with Crippen molar-refractivity contribution in [3.05, 3.63) is 71.1 Å². The molecule has 0 bridgehead atoms. The minimum absolute atomic E-state index is 0.0413. The standard InChI is InChI=1S/C19H13F3N2O4S/c1-3-27-15-8-4-13(5-9-15)17(12-23)18(24-2)14-6-10-16(11-7-14)28-29(25,26)19(20,21)22/h4-11H,3H2,1H3. The zero-order valence-corrected chi connectivity index (χ0v) is 15.7. The van der Waals surface area contributed by atoms with Gasteiger partial charge in [0.2, 0.25) is 5.70 Å². The van der Waals surface area contributed by atoms with Crippen LogP contribution in [0.2, 0.25) is 0 Å². The van der Waals surface area contributed by atoms with Crippen LogP contribution in [0.5, 0.6) is 11.5 Å². The Balaban J connectivity index is 2.39. The van der Waals surface area contributed by atoms with Crippen molar-refractivity contribution in [1.82, 2.24) is 0 Å². The Morgan fingerprint density at radius 1 is 1.07 bits per heavy atom. The summed E-state index contributed by atoms with van der Waals surface area (Å²) in [5.41, 5.74) is -4.92. The Bertz CT molecular complexity index is 1090. The van der Waals surface area contributed by atoms with Gasteiger partial charge in [-0.05, 0) is 42.3 Å². The van der Waals surface area contributed by atoms with Crippen molar-refractivity contribution in [2.75, 3.05) is 6.61 Å². The van der Waals surface area contributed by atoms with E-state index in [0.717, 1.165) is 12.1 Å². The van der Waals surface area contributed by atoms with Gasteiger partial charge in [-0.25, -0.2) is 4.85 Å². The van der Waals surface area contributed by atoms with Crippen molar-refractivity contribution in [1.29, 1.82) is 5.26 Å². The molecule has 0 N–H and O–H groups in total. The SMILES string of the molecule is [C-]#[N+]C(=C(C#N)c1ccc(OCC)cc1)c1ccc(OS(=O)(=O)C(F)(F)F)cc1. The molecule has 0 aliphatic rings. The molecule has 29 heavy (non-hydrogen) atoms. The topological polar surface area (TPSA) is 80.8 Å². The van der Waals surface area contributed by atoms with Crippen LogP contribution in [0, 0.1) is 17.9 Å². The molecule has 10 heteroatoms. The highest BCUT2D eigenvalue weighted by Crippen LogP contribution is 2.31. The van der Waals surface area contributed by atoms with E-state index in [4.69, 9.17) is 11.3 Å². The van der Waals surface area contributed by atoms with Crippen LogP contribution >= 0.6 is 0 Å². The molecule has 0 saturated carbocycles. The molecule has 0 aliphatic heterocycles. The van der Waals surface area contributed by atoms with Gasteiger partial charge in [0.05, 0.1) is 24.8 Å². The minimum atomic E-state index is -5.80. The summed E-state index contributed by atoms with van der Waals surface area (Å²) in [6.45, 7) is 9.67. The third-order valence-corrected chi connectivity index (χ3v) is 4.51. The fourth-order valence-corrected chi connectivity index (χ4v) is 2.70. The zero-order valence-electron chi connectivity index (χ0n) is 14.9. The van der Waals surface area contributed by atoms with Gasteiger partial charge in [0.1, 0.15) is 11.5 Å². The number of hydrogen-bond acceptors (Lipinski definition) is 5. The Labute approximate surface area is 165 Å². The van der Waals surface area contributed by atoms with Crippen LogP contribution in [0.4, 0.5) is 13.2 Å². The van der Waals surface area contributed by atoms with Gasteiger partial charge in [-0.15, -0.1) is 0 Å². The fourth-order valence-electron chi connectivity index (χ4n) is 2.25. The molecule has 0 unspecified atom stereocenters. The summed E-state index contributed by atoms with van der Waals surface area (Å²) in [4.78, 5) is 3.34. The van der Waals surface area contributed by atoms with Crippen LogP contribution in [-0.2, 0) is 10.1 Å². The van der Waals surface area contributed by atoms with E-state index in [1.54, 1.807) is 24.3 Å². The first-order chi connectivity index (χ1) is 13.6. The summed E-state index contributed by atoms with van der Waals surface area (Å²) in [6.07, 6.45) is 0. The normalized spacial score (nSPS) is 12.3. The molecule has 0 spiro atoms. The molecule has 0 aromatic heterocycles. The number of nitriles is 1. The molecule has 6 nitrogen and oxygen atoms in total. The second-order valence-electron chi connectivity index (χ2n) is 5.41. The van der Waals surface area contributed by atoms with Gasteiger partial charge in [-0.3, -0.25) is 0 Å². The molecule has 0 saturated heterocycles. The van der Waals surface area contributed by atoms with Gasteiger partial charge in [0.15, 0.2) is 0 Å². The van der Waals surface area contributed by atoms with Crippen molar-refractivity contribution in [2.24, 2.45) is 0 Å². The average Bonchev–Trinajstić information content (AvgIpc) is 2.67. The zero-order chi connectivity index (χ0) is 21.7. The first kappa shape index (κ1) is 21.8. The molecule has 2 rings (SSSR count). The van der Waals surface area contributed by atoms with Crippen molar-refractivity contribution in [2.45, 2.75) is 12.4 Å². The third kappa shape index (κ3) is 5.06. The number of benzene rings is 2. The Kier molecular flexibility index (Phi) is 6.52. The van der Waals surface area contributed by atoms with E-state index < -0.39 is 21.4 Å². The van der Waals surface area contributed by atoms with E-state index in [2.05, 4.69) is 9.03 Å². The molecular formula is C19H13F3N2O4S. The molecule has 0 atom stereocenters. The molecule has 0 aliphatic carbocycles. The number of nitrogens with zero attached hydrogens (tertiary/aromatic N) is 2. The van der Waals surface area contributed by atoms with Crippen LogP contribution in [0.1, 0.15) is 18.1 Å². The number of hydrogen-bond donors (Lipinski definition) is 0. The molecule has 0 fully saturated rings. The largest absolute Gasteiger partial charge is 0.534 e. The average molecular weight is 422 g/mol. The van der Waals surface area contributed by atoms with E-state index in [-0.39, 0.29) is 16.8 Å². The van der Waals surface area contributed by atoms with Crippen LogP contribution in [0.25, 0.3) is 16.1 Å². The molecular weight excluding hydrogens is 409 g/mol. The summed E-state index contributed by atoms with van der Waals surface area (Å²) < 4.78 is 68.6. The third-order valence-electron chi connectivity index (χ3n) is 3.53. The van der Waals surface area contributed by atoms with Gasteiger partial charge in [-0.1, -0.05) is 24.3 Å². The summed E-state index contributed by atoms with van der Waals surface area (Å²) >= 11 is 0. The quantitative estimate of drug-likeness (QED) is 0.223. The first-order valence-electron chi connectivity index (χ1n) is 7.99. The highest BCUT2D eigenvalue weighted by atomic mass is 32.2. The van der Waals surface area contributed by atoms with Crippen molar-refractivity contribution in [3.8, 4) is 17.6 Å². The lowest BCUT2D eigenvalue weighted by molar-refractivity contribution is -0.0500. The summed E-state index contributed by atoms with van der Waals surface area (Å²) in [7, 11) is -5.80. The number of rotatable bonds is 6. The lowest BCUT2D eigenvalue weighted by Gasteiger charge is -2.10. The molecule has 150 valence electrons. The summed E-state index contributed by atoms with van der Waals surface area (Å²) in [5.74, 6) is 0.0141. The van der Waals surface area contributed by atoms with Gasteiger partial charge >= 0.3 is 15.6 Å². The maximum absolute atomic E-state index is 12.4. The van der Waals surface area contributed by atoms with E-state index in [0.29, 0.717) is 17.9 Å². The molecule has 0 radical (unpaired) electrons. The van der Waals surface area contributed by atoms with E-state index >= 15 is 0 Å². The molecule has 0 amide bonds. The predicted molar refractivity (Wildman–Crippen MR) is 98.7 cm³/mol. The summed E-state index contributed by atoms with van der Waals surface area (Å²) in [5, 5.41) is 9.50. The Hall–Kier alpha value is -3.50. The monoisotopic (exact) mass is 422 g/mol. The summed E-state index contributed by atoms with van der Waals surface area (Å²) in [6, 6.07) is 12.7. The van der Waals surface area contributed by atoms with Crippen molar-refractivity contribution in [3.63, 3.8) is 0 Å². The molecule has 0 heterocycles. The van der Waals surface area contributed by atoms with Gasteiger partial charge in [0.25, 0.3) is 0 Å². The van der Waals surface area contributed by atoms with Gasteiger partial charge < -0.3 is 8.92 Å². The van der Waals surface area contributed by atoms with Crippen LogP contribution in [0.15, 0.2) is 48.5 Å². The van der Waals surface area contributed by atoms with Gasteiger partial charge in [0, 0.05) is 0 Å². The van der Waals surface area contributed by atoms with E-state index in [9.17, 15) is 26.9 Å². The second kappa shape index (κ2) is 8.67. The van der Waals surface area contributed by atoms with Crippen LogP contribution in [0.3, 0.4) is 0 Å². The number of halogens is 3. The Morgan fingerprint density at radius 2 is 1.59 bits per heavy atom. The molecule has 2 aromatic carbocycles. The van der Waals surface area contributed by atoms with Crippen LogP contribution < -0.4 is 8.92 Å². The second-order valence-corrected chi connectivity index (χ2v) is 6.95. The fraction of sp³-hybridized carbons (Fsp3) is 0.158. The van der Waals surface area contributed by atoms with E-state index in [1.807, 2.05) is 13.0 Å². The first-order valence-corrected chi connectivity index (χ1v) is 9.40. The minimum Gasteiger partial charge on any atom is -0.494 e. The van der Waals surface area contributed by atoms with Gasteiger partial charge in [-0.2, -0.15) is 26.9 Å². The highest BCUT2D eigenvalue weighted by Gasteiger charge is 2.48. The number of allylic oxidation sites excluding steroid dienone is 1.